The maximum absolute atomic E-state index is 14.6. The van der Waals surface area contributed by atoms with E-state index in [9.17, 15) is 33.6 Å². The number of fused-ring (bicyclic) bond motifs is 1. The number of rotatable bonds is 14. The molecule has 1 aromatic carbocycles. The molecule has 0 aromatic heterocycles. The summed E-state index contributed by atoms with van der Waals surface area (Å²) in [5.74, 6) is -3.40. The quantitative estimate of drug-likeness (QED) is 0.208. The lowest BCUT2D eigenvalue weighted by Crippen LogP contribution is -2.59. The highest BCUT2D eigenvalue weighted by Gasteiger charge is 2.53. The van der Waals surface area contributed by atoms with Gasteiger partial charge in [-0.25, -0.2) is 4.79 Å². The van der Waals surface area contributed by atoms with E-state index in [2.05, 4.69) is 28.2 Å². The van der Waals surface area contributed by atoms with E-state index in [4.69, 9.17) is 4.74 Å². The Morgan fingerprint density at radius 2 is 1.56 bits per heavy atom. The number of ketones is 1. The van der Waals surface area contributed by atoms with Crippen molar-refractivity contribution in [2.45, 2.75) is 122 Å². The first-order valence-corrected chi connectivity index (χ1v) is 20.0. The Labute approximate surface area is 324 Å². The van der Waals surface area contributed by atoms with E-state index in [1.807, 2.05) is 0 Å². The lowest BCUT2D eigenvalue weighted by Gasteiger charge is -2.36. The highest BCUT2D eigenvalue weighted by Crippen LogP contribution is 2.46. The molecule has 4 aliphatic rings. The summed E-state index contributed by atoms with van der Waals surface area (Å²) in [6.45, 7) is 7.22. The number of likely N-dealkylation sites (tertiary alicyclic amines) is 1. The van der Waals surface area contributed by atoms with Gasteiger partial charge in [-0.05, 0) is 88.0 Å². The first kappa shape index (κ1) is 41.7. The average molecular weight is 765 g/mol. The van der Waals surface area contributed by atoms with Crippen LogP contribution in [0, 0.1) is 29.6 Å². The fourth-order valence-corrected chi connectivity index (χ4v) is 8.65. The van der Waals surface area contributed by atoms with Crippen LogP contribution in [-0.4, -0.2) is 102 Å². The molecule has 0 bridgehead atoms. The molecule has 7 atom stereocenters. The number of carbonyl (C=O) groups excluding carboxylic acids is 7. The van der Waals surface area contributed by atoms with Gasteiger partial charge in [0.15, 0.2) is 0 Å². The van der Waals surface area contributed by atoms with Crippen molar-refractivity contribution in [2.24, 2.45) is 29.6 Å². The van der Waals surface area contributed by atoms with Gasteiger partial charge >= 0.3 is 6.09 Å². The molecule has 0 radical (unpaired) electrons. The number of nitrogens with zero attached hydrogens (tertiary/aromatic N) is 2. The lowest BCUT2D eigenvalue weighted by molar-refractivity contribution is -0.144. The molecule has 4 fully saturated rings. The number of amides is 6. The summed E-state index contributed by atoms with van der Waals surface area (Å²) in [6, 6.07) is 4.82. The molecule has 55 heavy (non-hydrogen) atoms. The van der Waals surface area contributed by atoms with E-state index in [-0.39, 0.29) is 41.9 Å². The van der Waals surface area contributed by atoms with Crippen LogP contribution in [0.4, 0.5) is 4.79 Å². The average Bonchev–Trinajstić information content (AvgIpc) is 3.79. The Balaban J connectivity index is 1.29. The Kier molecular flexibility index (Phi) is 13.6. The SMILES string of the molecule is CC1C[C@H]2CN(C(=O)[C@@H](NC(=O)OC(C)(C)C)C3CCCCC3)C(C(=O)NC(CC3CC3)C(=O)C(=O)NCC(=O)N[C@H](C(=O)N(C)C)c3ccccc3)[C@H]2C1. The molecule has 3 aliphatic carbocycles. The van der Waals surface area contributed by atoms with Gasteiger partial charge in [-0.1, -0.05) is 69.4 Å². The first-order valence-electron chi connectivity index (χ1n) is 20.0. The molecule has 3 unspecified atom stereocenters. The molecule has 1 aromatic rings. The Morgan fingerprint density at radius 1 is 0.891 bits per heavy atom. The van der Waals surface area contributed by atoms with Gasteiger partial charge in [0.1, 0.15) is 23.7 Å². The van der Waals surface area contributed by atoms with Gasteiger partial charge in [-0.15, -0.1) is 0 Å². The zero-order chi connectivity index (χ0) is 40.0. The minimum atomic E-state index is -1.15. The molecule has 1 heterocycles. The maximum atomic E-state index is 14.6. The van der Waals surface area contributed by atoms with Crippen LogP contribution in [0.15, 0.2) is 30.3 Å². The van der Waals surface area contributed by atoms with E-state index in [1.54, 1.807) is 70.1 Å². The second-order valence-electron chi connectivity index (χ2n) is 17.4. The van der Waals surface area contributed by atoms with Gasteiger partial charge in [0.2, 0.25) is 29.4 Å². The largest absolute Gasteiger partial charge is 0.444 e. The summed E-state index contributed by atoms with van der Waals surface area (Å²) < 4.78 is 5.56. The number of benzene rings is 1. The van der Waals surface area contributed by atoms with Crippen LogP contribution < -0.4 is 21.3 Å². The summed E-state index contributed by atoms with van der Waals surface area (Å²) in [6.07, 6.45) is 7.35. The molecule has 14 nitrogen and oxygen atoms in total. The number of carbonyl (C=O) groups is 7. The molecule has 14 heteroatoms. The summed E-state index contributed by atoms with van der Waals surface area (Å²) >= 11 is 0. The van der Waals surface area contributed by atoms with Crippen molar-refractivity contribution in [3.05, 3.63) is 35.9 Å². The zero-order valence-electron chi connectivity index (χ0n) is 33.2. The van der Waals surface area contributed by atoms with Crippen LogP contribution in [0.3, 0.4) is 0 Å². The highest BCUT2D eigenvalue weighted by molar-refractivity contribution is 6.38. The minimum Gasteiger partial charge on any atom is -0.444 e. The number of ether oxygens (including phenoxy) is 1. The summed E-state index contributed by atoms with van der Waals surface area (Å²) in [7, 11) is 3.15. The third-order valence-corrected chi connectivity index (χ3v) is 11.4. The number of likely N-dealkylation sites (N-methyl/N-ethyl adjacent to an activating group) is 1. The third-order valence-electron chi connectivity index (χ3n) is 11.4. The molecule has 6 amide bonds. The van der Waals surface area contributed by atoms with E-state index in [0.29, 0.717) is 18.0 Å². The first-order chi connectivity index (χ1) is 26.0. The number of hydrogen-bond acceptors (Lipinski definition) is 8. The zero-order valence-corrected chi connectivity index (χ0v) is 33.2. The van der Waals surface area contributed by atoms with Crippen molar-refractivity contribution in [2.75, 3.05) is 27.2 Å². The monoisotopic (exact) mass is 764 g/mol. The second kappa shape index (κ2) is 18.0. The van der Waals surface area contributed by atoms with Gasteiger partial charge in [-0.3, -0.25) is 28.8 Å². The van der Waals surface area contributed by atoms with Crippen molar-refractivity contribution < 1.29 is 38.3 Å². The number of hydrogen-bond donors (Lipinski definition) is 4. The smallest absolute Gasteiger partial charge is 0.408 e. The van der Waals surface area contributed by atoms with Crippen molar-refractivity contribution in [3.63, 3.8) is 0 Å². The lowest BCUT2D eigenvalue weighted by atomic mass is 9.83. The predicted octanol–water partition coefficient (Wildman–Crippen LogP) is 3.25. The van der Waals surface area contributed by atoms with Crippen LogP contribution in [0.25, 0.3) is 0 Å². The van der Waals surface area contributed by atoms with Crippen LogP contribution >= 0.6 is 0 Å². The molecule has 0 spiro atoms. The van der Waals surface area contributed by atoms with Crippen molar-refractivity contribution in [1.29, 1.82) is 0 Å². The molecule has 1 aliphatic heterocycles. The predicted molar refractivity (Wildman–Crippen MR) is 204 cm³/mol. The van der Waals surface area contributed by atoms with Crippen molar-refractivity contribution in [1.82, 2.24) is 31.1 Å². The molecule has 3 saturated carbocycles. The van der Waals surface area contributed by atoms with Gasteiger partial charge in [0.05, 0.1) is 12.6 Å². The summed E-state index contributed by atoms with van der Waals surface area (Å²) in [5.41, 5.74) is -0.198. The van der Waals surface area contributed by atoms with Crippen molar-refractivity contribution in [3.8, 4) is 0 Å². The van der Waals surface area contributed by atoms with Gasteiger partial charge < -0.3 is 35.8 Å². The molecule has 302 valence electrons. The summed E-state index contributed by atoms with van der Waals surface area (Å²) in [4.78, 5) is 97.8. The molecule has 4 N–H and O–H groups in total. The Morgan fingerprint density at radius 3 is 2.18 bits per heavy atom. The molecule has 5 rings (SSSR count). The van der Waals surface area contributed by atoms with E-state index >= 15 is 0 Å². The number of nitrogens with one attached hydrogen (secondary N) is 4. The van der Waals surface area contributed by atoms with Crippen LogP contribution in [-0.2, 0) is 33.5 Å². The fraction of sp³-hybridized carbons (Fsp3) is 0.683. The van der Waals surface area contributed by atoms with Crippen LogP contribution in [0.2, 0.25) is 0 Å². The maximum Gasteiger partial charge on any atom is 0.408 e. The van der Waals surface area contributed by atoms with Gasteiger partial charge in [-0.2, -0.15) is 0 Å². The van der Waals surface area contributed by atoms with Gasteiger partial charge in [0.25, 0.3) is 5.91 Å². The van der Waals surface area contributed by atoms with Crippen LogP contribution in [0.1, 0.15) is 104 Å². The molecular weight excluding hydrogens is 704 g/mol. The minimum absolute atomic E-state index is 0.0849. The van der Waals surface area contributed by atoms with E-state index in [1.165, 1.54) is 4.90 Å². The number of alkyl carbamates (subject to hydrolysis) is 1. The summed E-state index contributed by atoms with van der Waals surface area (Å²) in [5, 5.41) is 10.8. The second-order valence-corrected chi connectivity index (χ2v) is 17.4. The standard InChI is InChI=1S/C41H60N6O8/c1-24-19-28-23-47(39(53)33(27-15-11-8-12-16-27)45-40(54)55-41(2,3)4)34(29(28)20-24)36(50)43-30(21-25-17-18-25)35(49)37(51)42-22-31(48)44-32(38(52)46(5)6)26-13-9-7-10-14-26/h7,9-10,13-14,24-25,27-30,32-34H,8,11-12,15-23H2,1-6H3,(H,42,51)(H,43,50)(H,44,48)(H,45,54)/t24?,28-,29-,30?,32-,33-,34?/m0/s1. The third kappa shape index (κ3) is 11.1. The molecular formula is C41H60N6O8. The topological polar surface area (TPSA) is 183 Å². The Bertz CT molecular complexity index is 1580. The highest BCUT2D eigenvalue weighted by atomic mass is 16.6. The number of Topliss-reactive ketones (excluding diaryl/α,β-unsaturated/α-hetero) is 1. The Hall–Kier alpha value is -4.49. The van der Waals surface area contributed by atoms with Crippen molar-refractivity contribution >= 4 is 41.4 Å². The van der Waals surface area contributed by atoms with Crippen LogP contribution in [0.5, 0.6) is 0 Å². The van der Waals surface area contributed by atoms with E-state index in [0.717, 1.165) is 57.8 Å². The molecule has 1 saturated heterocycles. The fourth-order valence-electron chi connectivity index (χ4n) is 8.65. The van der Waals surface area contributed by atoms with E-state index < -0.39 is 65.9 Å². The van der Waals surface area contributed by atoms with Gasteiger partial charge in [0, 0.05) is 20.6 Å². The normalized spacial score (nSPS) is 24.1.